The normalized spacial score (nSPS) is 17.3. The Hall–Kier alpha value is -3.24. The van der Waals surface area contributed by atoms with Gasteiger partial charge in [0.15, 0.2) is 0 Å². The van der Waals surface area contributed by atoms with Gasteiger partial charge in [-0.3, -0.25) is 4.90 Å². The van der Waals surface area contributed by atoms with Crippen molar-refractivity contribution in [3.05, 3.63) is 29.3 Å². The number of carbonyl (C=O) groups is 1. The first-order valence-corrected chi connectivity index (χ1v) is 8.73. The van der Waals surface area contributed by atoms with E-state index in [1.807, 2.05) is 45.4 Å². The molecule has 0 atom stereocenters. The molecule has 0 spiro atoms. The molecule has 1 aromatic rings. The van der Waals surface area contributed by atoms with E-state index in [4.69, 9.17) is 9.47 Å². The van der Waals surface area contributed by atoms with Crippen LogP contribution in [0.5, 0.6) is 5.75 Å². The number of nitrogens with zero attached hydrogens (tertiary/aromatic N) is 2. The van der Waals surface area contributed by atoms with Gasteiger partial charge >= 0.3 is 6.09 Å². The van der Waals surface area contributed by atoms with Crippen molar-refractivity contribution in [2.45, 2.75) is 58.4 Å². The number of benzene rings is 1. The average Bonchev–Trinajstić information content (AvgIpc) is 2.97. The molecule has 0 unspecified atom stereocenters. The Morgan fingerprint density at radius 1 is 1.15 bits per heavy atom. The van der Waals surface area contributed by atoms with Crippen LogP contribution in [0.1, 0.15) is 44.7 Å². The van der Waals surface area contributed by atoms with Crippen LogP contribution in [0.25, 0.3) is 0 Å². The van der Waals surface area contributed by atoms with Gasteiger partial charge < -0.3 is 19.2 Å². The molecule has 26 heavy (non-hydrogen) atoms. The van der Waals surface area contributed by atoms with E-state index in [9.17, 15) is 9.59 Å². The Bertz CT molecular complexity index is 651. The van der Waals surface area contributed by atoms with Gasteiger partial charge in [0.05, 0.1) is 0 Å². The first-order valence-electron chi connectivity index (χ1n) is 8.73. The molecule has 0 saturated carbocycles. The molecule has 0 aromatic heterocycles. The molecule has 1 fully saturated rings. The first kappa shape index (κ1) is 19.1. The fourth-order valence-electron chi connectivity index (χ4n) is 3.16. The summed E-state index contributed by atoms with van der Waals surface area (Å²) < 4.78 is 11.5. The van der Waals surface area contributed by atoms with Crippen molar-refractivity contribution in [2.24, 2.45) is 0 Å². The number of hydrogen-bond acceptors (Lipinski definition) is 4. The quantitative estimate of drug-likeness (QED) is 0.500. The second-order valence-corrected chi connectivity index (χ2v) is 7.66. The molecule has 2 aliphatic heterocycles. The Labute approximate surface area is 148 Å². The molecule has 0 N–H and O–H groups in total. The van der Waals surface area contributed by atoms with Crippen LogP contribution in [-0.4, -0.2) is 47.1 Å². The second kappa shape index (κ2) is 7.33. The molecule has 2 amide bonds. The van der Waals surface area contributed by atoms with Crippen LogP contribution in [0.4, 0.5) is 4.79 Å². The molecular formula is C19H25FmN2O4-. The summed E-state index contributed by atoms with van der Waals surface area (Å²) in [6, 6.07) is 5.98. The maximum atomic E-state index is 12.2. The van der Waals surface area contributed by atoms with E-state index in [0.29, 0.717) is 26.2 Å². The largest absolute Gasteiger partial charge is 0.520 e. The van der Waals surface area contributed by atoms with E-state index >= 15 is 0 Å². The van der Waals surface area contributed by atoms with Gasteiger partial charge in [-0.25, -0.2) is 4.79 Å². The zero-order valence-electron chi connectivity index (χ0n) is 15.4. The fourth-order valence-corrected chi connectivity index (χ4v) is 3.16. The smallest absolute Gasteiger partial charge is 0.410 e. The number of hydrogen-bond donors (Lipinski definition) is 0. The SMILES string of the molecule is CC(C)(C)OC(=O)N1Cc2ccc(OC3CCN([C-]=O)CC3)cc2C1.[Fm]. The summed E-state index contributed by atoms with van der Waals surface area (Å²) in [6.45, 7) is 8.09. The van der Waals surface area contributed by atoms with E-state index < -0.39 is 5.60 Å². The minimum absolute atomic E-state index is 0. The van der Waals surface area contributed by atoms with Crippen molar-refractivity contribution in [3.8, 4) is 5.75 Å². The molecule has 0 radical (unpaired) electrons. The second-order valence-electron chi connectivity index (χ2n) is 7.66. The first-order chi connectivity index (χ1) is 11.8. The number of carbonyl (C=O) groups excluding carboxylic acids is 2. The standard InChI is InChI=1S/C19H25N2O4.Fm/c1-19(2,3)25-18(23)21-11-14-4-5-17(10-15(14)12-21)24-16-6-8-20(13-22)9-7-16;/h4-5,10,16H,6-9,11-12H2,1-3H3;/q-1;. The Kier molecular flexibility index (Phi) is 5.38. The number of likely N-dealkylation sites (tertiary alicyclic amines) is 1. The molecule has 148 valence electrons. The minimum Gasteiger partial charge on any atom is -0.520 e. The topological polar surface area (TPSA) is 59.1 Å². The van der Waals surface area contributed by atoms with Gasteiger partial charge in [0, 0.05) is 13.1 Å². The van der Waals surface area contributed by atoms with Gasteiger partial charge in [-0.15, -0.1) is 0 Å². The summed E-state index contributed by atoms with van der Waals surface area (Å²) in [4.78, 5) is 26.2. The Morgan fingerprint density at radius 2 is 1.81 bits per heavy atom. The van der Waals surface area contributed by atoms with Crippen molar-refractivity contribution >= 4 is 12.5 Å². The molecule has 2 aliphatic rings. The van der Waals surface area contributed by atoms with Crippen molar-refractivity contribution in [1.29, 1.82) is 0 Å². The maximum Gasteiger partial charge on any atom is 0.410 e. The number of amides is 2. The van der Waals surface area contributed by atoms with Crippen molar-refractivity contribution < 1.29 is 19.1 Å². The predicted octanol–water partition coefficient (Wildman–Crippen LogP) is 2.85. The predicted molar refractivity (Wildman–Crippen MR) is 92.8 cm³/mol. The monoisotopic (exact) mass is 602 g/mol. The molecular weight excluding hydrogens is 577 g/mol. The molecule has 7 heteroatoms. The molecule has 6 nitrogen and oxygen atoms in total. The van der Waals surface area contributed by atoms with Crippen molar-refractivity contribution in [3.63, 3.8) is 0 Å². The molecule has 1 saturated heterocycles. The molecule has 0 bridgehead atoms. The van der Waals surface area contributed by atoms with Gasteiger partial charge in [0.25, 0.3) is 0 Å². The van der Waals surface area contributed by atoms with Gasteiger partial charge in [0.1, 0.15) is 17.5 Å². The minimum atomic E-state index is -0.492. The summed E-state index contributed by atoms with van der Waals surface area (Å²) in [5.74, 6) is 0.818. The average molecular weight is 602 g/mol. The van der Waals surface area contributed by atoms with Crippen LogP contribution >= 0.6 is 0 Å². The number of rotatable bonds is 3. The third-order valence-electron chi connectivity index (χ3n) is 4.43. The fraction of sp³-hybridized carbons (Fsp3) is 0.579. The summed E-state index contributed by atoms with van der Waals surface area (Å²) in [5.41, 5.74) is 1.74. The molecule has 1 aromatic carbocycles. The van der Waals surface area contributed by atoms with Crippen LogP contribution in [0.2, 0.25) is 0 Å². The van der Waals surface area contributed by atoms with Gasteiger partial charge in [-0.2, -0.15) is 6.41 Å². The van der Waals surface area contributed by atoms with Crippen LogP contribution in [0.3, 0.4) is 0 Å². The van der Waals surface area contributed by atoms with E-state index in [0.717, 1.165) is 29.7 Å². The van der Waals surface area contributed by atoms with Crippen molar-refractivity contribution in [2.75, 3.05) is 13.1 Å². The van der Waals surface area contributed by atoms with E-state index in [1.165, 1.54) is 0 Å². The van der Waals surface area contributed by atoms with E-state index in [-0.39, 0.29) is 12.2 Å². The van der Waals surface area contributed by atoms with Crippen LogP contribution in [0.15, 0.2) is 18.2 Å². The summed E-state index contributed by atoms with van der Waals surface area (Å²) in [6.07, 6.45) is 3.39. The van der Waals surface area contributed by atoms with E-state index in [2.05, 4.69) is 0 Å². The zero-order valence-corrected chi connectivity index (χ0v) is 17.8. The zero-order chi connectivity index (χ0) is 18.0. The molecule has 0 aliphatic carbocycles. The number of fused-ring (bicyclic) bond motifs is 1. The summed E-state index contributed by atoms with van der Waals surface area (Å²) >= 11 is 0. The molecule has 2 heterocycles. The van der Waals surface area contributed by atoms with Crippen LogP contribution in [-0.2, 0) is 22.6 Å². The van der Waals surface area contributed by atoms with Crippen molar-refractivity contribution in [1.82, 2.24) is 9.80 Å². The van der Waals surface area contributed by atoms with Gasteiger partial charge in [0.2, 0.25) is 0 Å². The number of ether oxygens (including phenoxy) is 2. The third kappa shape index (κ3) is 4.43. The van der Waals surface area contributed by atoms with Crippen LogP contribution < -0.4 is 4.74 Å². The Balaban J connectivity index is 0.00000243. The maximum absolute atomic E-state index is 12.2. The summed E-state index contributed by atoms with van der Waals surface area (Å²) in [7, 11) is 0. The van der Waals surface area contributed by atoms with E-state index in [1.54, 1.807) is 9.80 Å². The molecule has 3 rings (SSSR count). The summed E-state index contributed by atoms with van der Waals surface area (Å²) in [5, 5.41) is 0. The Morgan fingerprint density at radius 3 is 2.42 bits per heavy atom. The third-order valence-corrected chi connectivity index (χ3v) is 4.43. The van der Waals surface area contributed by atoms with Gasteiger partial charge in [-0.1, -0.05) is 6.07 Å². The van der Waals surface area contributed by atoms with Gasteiger partial charge in [-0.05, 0) is 70.0 Å². The van der Waals surface area contributed by atoms with Crippen LogP contribution in [0, 0.1) is 0 Å². The number of piperidine rings is 1.